The maximum atomic E-state index is 8.35. The molecule has 5 nitrogen and oxygen atoms in total. The Morgan fingerprint density at radius 2 is 1.67 bits per heavy atom. The van der Waals surface area contributed by atoms with E-state index in [-0.39, 0.29) is 0 Å². The zero-order chi connectivity index (χ0) is 10.2. The van der Waals surface area contributed by atoms with E-state index in [1.807, 2.05) is 6.92 Å². The topological polar surface area (TPSA) is 91.1 Å². The summed E-state index contributed by atoms with van der Waals surface area (Å²) in [6.07, 6.45) is 1.50. The van der Waals surface area contributed by atoms with E-state index < -0.39 is 0 Å². The summed E-state index contributed by atoms with van der Waals surface area (Å²) < 4.78 is 5.02. The maximum Gasteiger partial charge on any atom is 0.231 e. The summed E-state index contributed by atoms with van der Waals surface area (Å²) in [6.45, 7) is 3.88. The Kier molecular flexibility index (Phi) is 46.5. The minimum atomic E-state index is 0.750. The van der Waals surface area contributed by atoms with Gasteiger partial charge in [0.15, 0.2) is 0 Å². The number of carbonyl (C=O) groups excluding carboxylic acids is 2. The third kappa shape index (κ3) is 150. The minimum Gasteiger partial charge on any atom is -0.382 e. The number of hydrogen-bond donors (Lipinski definition) is 2. The van der Waals surface area contributed by atoms with Crippen molar-refractivity contribution < 1.29 is 14.3 Å². The molecule has 0 aliphatic heterocycles. The van der Waals surface area contributed by atoms with Crippen LogP contribution < -0.4 is 0 Å². The van der Waals surface area contributed by atoms with Crippen LogP contribution >= 0.6 is 0 Å². The van der Waals surface area contributed by atoms with Crippen LogP contribution in [-0.4, -0.2) is 35.6 Å². The molecule has 0 saturated heterocycles. The summed E-state index contributed by atoms with van der Waals surface area (Å²) in [5.74, 6) is 0. The Labute approximate surface area is 74.6 Å². The van der Waals surface area contributed by atoms with Gasteiger partial charge >= 0.3 is 0 Å². The largest absolute Gasteiger partial charge is 0.382 e. The molecular formula is C6H14N2O3Si. The lowest BCUT2D eigenvalue weighted by atomic mass is 10.8. The van der Waals surface area contributed by atoms with E-state index >= 15 is 0 Å². The van der Waals surface area contributed by atoms with Crippen LogP contribution in [0.2, 0.25) is 6.04 Å². The number of rotatable bonds is 3. The summed E-state index contributed by atoms with van der Waals surface area (Å²) in [5.41, 5.74) is 0. The minimum absolute atomic E-state index is 0.750. The number of hydrogen-bond acceptors (Lipinski definition) is 5. The molecule has 0 aromatic heterocycles. The van der Waals surface area contributed by atoms with Crippen molar-refractivity contribution in [2.75, 3.05) is 13.2 Å². The van der Waals surface area contributed by atoms with Gasteiger partial charge < -0.3 is 4.74 Å². The average molecular weight is 190 g/mol. The molecule has 70 valence electrons. The molecule has 2 N–H and O–H groups in total. The Morgan fingerprint density at radius 1 is 1.33 bits per heavy atom. The highest BCUT2D eigenvalue weighted by Crippen LogP contribution is 1.73. The summed E-state index contributed by atoms with van der Waals surface area (Å²) in [6, 6.07) is 1.27. The van der Waals surface area contributed by atoms with Crippen molar-refractivity contribution in [2.45, 2.75) is 13.0 Å². The average Bonchev–Trinajstić information content (AvgIpc) is 2.04. The molecule has 12 heavy (non-hydrogen) atoms. The van der Waals surface area contributed by atoms with Gasteiger partial charge in [-0.25, -0.2) is 20.4 Å². The number of isocyanates is 2. The predicted molar refractivity (Wildman–Crippen MR) is 48.1 cm³/mol. The predicted octanol–water partition coefficient (Wildman–Crippen LogP) is -0.391. The van der Waals surface area contributed by atoms with E-state index in [9.17, 15) is 0 Å². The second kappa shape index (κ2) is 32.6. The van der Waals surface area contributed by atoms with Crippen molar-refractivity contribution in [3.63, 3.8) is 0 Å². The number of nitrogens with one attached hydrogen (secondary N) is 2. The van der Waals surface area contributed by atoms with E-state index in [2.05, 4.69) is 0 Å². The molecule has 0 bridgehead atoms. The van der Waals surface area contributed by atoms with Gasteiger partial charge in [-0.2, -0.15) is 0 Å². The summed E-state index contributed by atoms with van der Waals surface area (Å²) in [4.78, 5) is 16.7. The lowest BCUT2D eigenvalue weighted by Crippen LogP contribution is -1.90. The van der Waals surface area contributed by atoms with Gasteiger partial charge in [-0.1, -0.05) is 0 Å². The molecule has 0 fully saturated rings. The van der Waals surface area contributed by atoms with Crippen LogP contribution in [0.3, 0.4) is 0 Å². The van der Waals surface area contributed by atoms with E-state index in [4.69, 9.17) is 25.1 Å². The zero-order valence-corrected chi connectivity index (χ0v) is 9.35. The molecule has 0 atom stereocenters. The van der Waals surface area contributed by atoms with Crippen LogP contribution in [0.5, 0.6) is 0 Å². The Bertz CT molecular complexity index is 113. The smallest absolute Gasteiger partial charge is 0.231 e. The summed E-state index contributed by atoms with van der Waals surface area (Å²) in [5, 5.41) is 10.8. The highest BCUT2D eigenvalue weighted by atomic mass is 28.1. The van der Waals surface area contributed by atoms with Gasteiger partial charge in [-0.3, -0.25) is 0 Å². The van der Waals surface area contributed by atoms with Crippen molar-refractivity contribution in [3.8, 4) is 0 Å². The van der Waals surface area contributed by atoms with E-state index in [0.29, 0.717) is 0 Å². The fraction of sp³-hybridized carbons (Fsp3) is 0.667. The fourth-order valence-corrected chi connectivity index (χ4v) is 0.577. The molecule has 0 saturated carbocycles. The zero-order valence-electron chi connectivity index (χ0n) is 7.35. The van der Waals surface area contributed by atoms with Gasteiger partial charge in [0, 0.05) is 23.5 Å². The molecule has 0 unspecified atom stereocenters. The monoisotopic (exact) mass is 190 g/mol. The van der Waals surface area contributed by atoms with Crippen LogP contribution in [0.25, 0.3) is 0 Å². The Morgan fingerprint density at radius 3 is 1.75 bits per heavy atom. The highest BCUT2D eigenvalue weighted by molar-refractivity contribution is 6.08. The first-order valence-electron chi connectivity index (χ1n) is 3.40. The molecule has 0 spiro atoms. The first kappa shape index (κ1) is 17.1. The molecule has 0 rings (SSSR count). The van der Waals surface area contributed by atoms with Gasteiger partial charge in [0.1, 0.15) is 0 Å². The van der Waals surface area contributed by atoms with Gasteiger partial charge in [-0.15, -0.1) is 0 Å². The van der Waals surface area contributed by atoms with Crippen molar-refractivity contribution >= 4 is 22.4 Å². The number of ether oxygens (including phenoxy) is 1. The highest BCUT2D eigenvalue weighted by Gasteiger charge is 1.72. The SMILES string of the molecule is CCOCC[SiH3].N=C=O.N=C=O. The van der Waals surface area contributed by atoms with Crippen LogP contribution in [-0.2, 0) is 14.3 Å². The van der Waals surface area contributed by atoms with E-state index in [1.165, 1.54) is 16.3 Å². The standard InChI is InChI=1S/C4H12OSi.2CHNO/c1-2-5-3-4-6;2*2-1-3/h2-4H2,1,6H3;2*2H. The first-order valence-corrected chi connectivity index (χ1v) is 4.81. The van der Waals surface area contributed by atoms with E-state index in [0.717, 1.165) is 25.4 Å². The molecule has 0 aromatic carbocycles. The van der Waals surface area contributed by atoms with Crippen LogP contribution in [0.4, 0.5) is 0 Å². The van der Waals surface area contributed by atoms with Crippen LogP contribution in [0.15, 0.2) is 0 Å². The third-order valence-electron chi connectivity index (χ3n) is 0.553. The molecule has 0 radical (unpaired) electrons. The van der Waals surface area contributed by atoms with E-state index in [1.54, 1.807) is 0 Å². The van der Waals surface area contributed by atoms with Crippen molar-refractivity contribution in [2.24, 2.45) is 0 Å². The summed E-state index contributed by atoms with van der Waals surface area (Å²) in [7, 11) is 1.28. The van der Waals surface area contributed by atoms with Gasteiger partial charge in [0.05, 0.1) is 0 Å². The Balaban J connectivity index is -0.000000115. The second-order valence-corrected chi connectivity index (χ2v) is 2.40. The molecule has 0 aliphatic rings. The molecule has 0 amide bonds. The van der Waals surface area contributed by atoms with Gasteiger partial charge in [0.25, 0.3) is 0 Å². The van der Waals surface area contributed by atoms with Crippen molar-refractivity contribution in [1.82, 2.24) is 0 Å². The fourth-order valence-electron chi connectivity index (χ4n) is 0.289. The Hall–Kier alpha value is -1.06. The molecule has 6 heteroatoms. The third-order valence-corrected chi connectivity index (χ3v) is 0.961. The van der Waals surface area contributed by atoms with Gasteiger partial charge in [-0.05, 0) is 13.0 Å². The van der Waals surface area contributed by atoms with Crippen LogP contribution in [0.1, 0.15) is 6.92 Å². The molecular weight excluding hydrogens is 176 g/mol. The quantitative estimate of drug-likeness (QED) is 0.275. The first-order chi connectivity index (χ1) is 5.74. The van der Waals surface area contributed by atoms with Crippen molar-refractivity contribution in [3.05, 3.63) is 0 Å². The van der Waals surface area contributed by atoms with Crippen LogP contribution in [0, 0.1) is 10.8 Å². The molecule has 0 aliphatic carbocycles. The maximum absolute atomic E-state index is 8.35. The lowest BCUT2D eigenvalue weighted by Gasteiger charge is -1.91. The summed E-state index contributed by atoms with van der Waals surface area (Å²) >= 11 is 0. The lowest BCUT2D eigenvalue weighted by molar-refractivity contribution is 0.162. The molecule has 0 aromatic rings. The van der Waals surface area contributed by atoms with Crippen molar-refractivity contribution in [1.29, 1.82) is 10.8 Å². The second-order valence-electron chi connectivity index (χ2n) is 1.40. The molecule has 0 heterocycles. The van der Waals surface area contributed by atoms with Gasteiger partial charge in [0.2, 0.25) is 12.2 Å². The normalized spacial score (nSPS) is 6.08.